The van der Waals surface area contributed by atoms with Gasteiger partial charge in [-0.1, -0.05) is 49.6 Å². The van der Waals surface area contributed by atoms with Crippen molar-refractivity contribution in [3.8, 4) is 5.88 Å². The maximum absolute atomic E-state index is 14.8. The number of ether oxygens (including phenoxy) is 2. The number of sulfonamides is 1. The summed E-state index contributed by atoms with van der Waals surface area (Å²) in [6.07, 6.45) is 15.4. The third kappa shape index (κ3) is 7.40. The van der Waals surface area contributed by atoms with Crippen LogP contribution < -0.4 is 9.46 Å². The minimum atomic E-state index is -3.83. The van der Waals surface area contributed by atoms with Gasteiger partial charge in [-0.15, -0.1) is 6.58 Å². The lowest BCUT2D eigenvalue weighted by Crippen LogP contribution is -2.48. The van der Waals surface area contributed by atoms with E-state index in [1.54, 1.807) is 17.2 Å². The Labute approximate surface area is 311 Å². The van der Waals surface area contributed by atoms with E-state index in [-0.39, 0.29) is 54.7 Å². The predicted molar refractivity (Wildman–Crippen MR) is 198 cm³/mol. The predicted octanol–water partition coefficient (Wildman–Crippen LogP) is 5.67. The zero-order valence-corrected chi connectivity index (χ0v) is 31.0. The van der Waals surface area contributed by atoms with Crippen LogP contribution in [0.1, 0.15) is 95.5 Å². The summed E-state index contributed by atoms with van der Waals surface area (Å²) in [6.45, 7) is 4.26. The van der Waals surface area contributed by atoms with Crippen molar-refractivity contribution in [1.82, 2.24) is 14.6 Å². The largest absolute Gasteiger partial charge is 0.472 e. The van der Waals surface area contributed by atoms with Crippen molar-refractivity contribution < 1.29 is 37.1 Å². The number of nitrogens with one attached hydrogen (secondary N) is 1. The highest BCUT2D eigenvalue weighted by Gasteiger charge is 2.61. The van der Waals surface area contributed by atoms with E-state index < -0.39 is 50.6 Å². The number of benzene rings is 1. The number of amides is 2. The van der Waals surface area contributed by atoms with Crippen LogP contribution in [0.15, 0.2) is 49.2 Å². The number of Topliss-reactive ketones (excluding diaryl/α,β-unsaturated/α-hetero) is 1. The number of aromatic nitrogens is 1. The van der Waals surface area contributed by atoms with Crippen LogP contribution >= 0.6 is 0 Å². The van der Waals surface area contributed by atoms with Crippen molar-refractivity contribution in [2.24, 2.45) is 28.6 Å². The number of hydrogen-bond donors (Lipinski definition) is 1. The Kier molecular flexibility index (Phi) is 9.48. The molecule has 12 heteroatoms. The summed E-state index contributed by atoms with van der Waals surface area (Å²) in [7, 11) is -3.83. The number of allylic oxidation sites excluding steroid dienone is 2. The first-order valence-corrected chi connectivity index (χ1v) is 20.9. The lowest BCUT2D eigenvalue weighted by Gasteiger charge is -2.34. The average Bonchev–Trinajstić information content (AvgIpc) is 4.07. The summed E-state index contributed by atoms with van der Waals surface area (Å²) in [5, 5.41) is 1.17. The van der Waals surface area contributed by atoms with Crippen molar-refractivity contribution in [3.63, 3.8) is 0 Å². The van der Waals surface area contributed by atoms with Gasteiger partial charge in [0.2, 0.25) is 27.7 Å². The Hall–Kier alpha value is -4.06. The molecule has 4 aliphatic carbocycles. The zero-order valence-electron chi connectivity index (χ0n) is 30.2. The Balaban J connectivity index is 1.12. The van der Waals surface area contributed by atoms with Gasteiger partial charge in [-0.2, -0.15) is 0 Å². The van der Waals surface area contributed by atoms with E-state index >= 15 is 0 Å². The molecule has 53 heavy (non-hydrogen) atoms. The number of esters is 1. The number of nitrogens with zero attached hydrogens (tertiary/aromatic N) is 2. The normalized spacial score (nSPS) is 30.9. The van der Waals surface area contributed by atoms with Crippen molar-refractivity contribution in [3.05, 3.63) is 54.8 Å². The van der Waals surface area contributed by atoms with Crippen molar-refractivity contribution in [2.45, 2.75) is 107 Å². The summed E-state index contributed by atoms with van der Waals surface area (Å²) in [5.41, 5.74) is -0.377. The first kappa shape index (κ1) is 35.9. The number of pyridine rings is 1. The molecular weight excluding hydrogens is 695 g/mol. The molecule has 0 radical (unpaired) electrons. The molecule has 3 heterocycles. The molecule has 8 rings (SSSR count). The first-order chi connectivity index (χ1) is 25.5. The zero-order chi connectivity index (χ0) is 37.0. The summed E-state index contributed by atoms with van der Waals surface area (Å²) in [4.78, 5) is 62.6. The number of ketones is 1. The summed E-state index contributed by atoms with van der Waals surface area (Å²) >= 11 is 0. The van der Waals surface area contributed by atoms with Gasteiger partial charge >= 0.3 is 5.97 Å². The highest BCUT2D eigenvalue weighted by atomic mass is 32.2. The third-order valence-corrected chi connectivity index (χ3v) is 14.6. The molecule has 2 amide bonds. The molecule has 282 valence electrons. The molecule has 1 spiro atoms. The number of hydrogen-bond acceptors (Lipinski definition) is 9. The van der Waals surface area contributed by atoms with Gasteiger partial charge in [0.1, 0.15) is 6.10 Å². The maximum atomic E-state index is 14.8. The highest BCUT2D eigenvalue weighted by Crippen LogP contribution is 2.57. The van der Waals surface area contributed by atoms with E-state index in [2.05, 4.69) is 28.4 Å². The summed E-state index contributed by atoms with van der Waals surface area (Å²) < 4.78 is 40.3. The van der Waals surface area contributed by atoms with E-state index in [0.717, 1.165) is 67.7 Å². The monoisotopic (exact) mass is 743 g/mol. The van der Waals surface area contributed by atoms with Gasteiger partial charge in [0.15, 0.2) is 5.78 Å². The molecule has 1 aromatic heterocycles. The SMILES string of the molecule is C=C[C@H]1C[C@]1(CC(=O)[C@@H]1C[C@@H]2CN1C(=O)[C@H](C1CCCCC1)CC(=O)OCC1(C/C=C/c3ccc4ccnc(c4c3)O2)CC1)C(=O)NS(=O)(=O)C1CC1. The second-order valence-electron chi connectivity index (χ2n) is 16.6. The minimum Gasteiger partial charge on any atom is -0.472 e. The second kappa shape index (κ2) is 14.0. The highest BCUT2D eigenvalue weighted by molar-refractivity contribution is 7.90. The number of carbonyl (C=O) groups is 4. The molecule has 5 fully saturated rings. The molecule has 1 N–H and O–H groups in total. The molecule has 5 atom stereocenters. The van der Waals surface area contributed by atoms with E-state index in [0.29, 0.717) is 31.7 Å². The van der Waals surface area contributed by atoms with Crippen molar-refractivity contribution >= 4 is 50.4 Å². The van der Waals surface area contributed by atoms with E-state index in [4.69, 9.17) is 9.47 Å². The Morgan fingerprint density at radius 2 is 1.87 bits per heavy atom. The molecule has 4 saturated carbocycles. The molecule has 0 unspecified atom stereocenters. The van der Waals surface area contributed by atoms with Crippen LogP contribution in [0.25, 0.3) is 16.8 Å². The van der Waals surface area contributed by atoms with Gasteiger partial charge in [0.25, 0.3) is 0 Å². The second-order valence-corrected chi connectivity index (χ2v) is 18.5. The molecular formula is C41H49N3O8S. The molecule has 6 aliphatic rings. The van der Waals surface area contributed by atoms with Gasteiger partial charge < -0.3 is 14.4 Å². The smallest absolute Gasteiger partial charge is 0.306 e. The van der Waals surface area contributed by atoms with Crippen molar-refractivity contribution in [1.29, 1.82) is 0 Å². The average molecular weight is 744 g/mol. The Morgan fingerprint density at radius 3 is 2.58 bits per heavy atom. The van der Waals surface area contributed by atoms with Gasteiger partial charge in [-0.3, -0.25) is 23.9 Å². The molecule has 2 aromatic rings. The minimum absolute atomic E-state index is 0.0283. The van der Waals surface area contributed by atoms with E-state index in [9.17, 15) is 27.6 Å². The van der Waals surface area contributed by atoms with Crippen LogP contribution in [0.4, 0.5) is 0 Å². The van der Waals surface area contributed by atoms with Gasteiger partial charge in [0.05, 0.1) is 42.2 Å². The lowest BCUT2D eigenvalue weighted by molar-refractivity contribution is -0.153. The van der Waals surface area contributed by atoms with Crippen LogP contribution in [0.2, 0.25) is 0 Å². The fraction of sp³-hybridized carbons (Fsp3) is 0.585. The standard InChI is InChI=1S/C41H49N3O8S/c1-2-29-22-41(29,39(48)43-53(49,50)31-12-13-31)23-35(45)34-20-30-24-44(34)38(47)33(27-8-4-3-5-9-27)21-36(46)51-25-40(16-17-40)15-6-7-26-10-11-28-14-18-42-37(52-30)32(28)19-26/h2,6-7,10-11,14,18-19,27,29-31,33-34H,1,3-5,8-9,12-13,15-17,20-25H2,(H,43,48)/b7-6+/t29-,30+,33-,34-,41+/m0/s1. The van der Waals surface area contributed by atoms with Crippen molar-refractivity contribution in [2.75, 3.05) is 13.2 Å². The quantitative estimate of drug-likeness (QED) is 0.267. The Morgan fingerprint density at radius 1 is 1.08 bits per heavy atom. The summed E-state index contributed by atoms with van der Waals surface area (Å²) in [5.74, 6) is -2.35. The first-order valence-electron chi connectivity index (χ1n) is 19.4. The van der Waals surface area contributed by atoms with Crippen LogP contribution in [-0.2, 0) is 33.9 Å². The fourth-order valence-corrected chi connectivity index (χ4v) is 10.3. The van der Waals surface area contributed by atoms with E-state index in [1.165, 1.54) is 0 Å². The molecule has 1 saturated heterocycles. The molecule has 1 aromatic carbocycles. The topological polar surface area (TPSA) is 149 Å². The fourth-order valence-electron chi connectivity index (χ4n) is 8.96. The number of cyclic esters (lactones) is 1. The third-order valence-electron chi connectivity index (χ3n) is 12.8. The van der Waals surface area contributed by atoms with Crippen LogP contribution in [0, 0.1) is 28.6 Å². The van der Waals surface area contributed by atoms with Gasteiger partial charge in [-0.25, -0.2) is 13.4 Å². The molecule has 2 aliphatic heterocycles. The lowest BCUT2D eigenvalue weighted by atomic mass is 9.77. The summed E-state index contributed by atoms with van der Waals surface area (Å²) in [6, 6.07) is 7.06. The van der Waals surface area contributed by atoms with Crippen LogP contribution in [-0.4, -0.2) is 72.4 Å². The number of fused-ring (bicyclic) bond motifs is 3. The van der Waals surface area contributed by atoms with E-state index in [1.807, 2.05) is 24.3 Å². The van der Waals surface area contributed by atoms with Crippen LogP contribution in [0.3, 0.4) is 0 Å². The molecule has 11 nitrogen and oxygen atoms in total. The number of rotatable bonds is 8. The Bertz CT molecular complexity index is 1960. The number of carbonyl (C=O) groups excluding carboxylic acids is 4. The van der Waals surface area contributed by atoms with Crippen LogP contribution in [0.5, 0.6) is 5.88 Å². The van der Waals surface area contributed by atoms with Gasteiger partial charge in [-0.05, 0) is 86.3 Å². The van der Waals surface area contributed by atoms with Gasteiger partial charge in [0, 0.05) is 29.8 Å². The molecule has 4 bridgehead atoms. The maximum Gasteiger partial charge on any atom is 0.306 e.